The summed E-state index contributed by atoms with van der Waals surface area (Å²) in [6.45, 7) is 0. The molecule has 0 fully saturated rings. The first kappa shape index (κ1) is 25.8. The number of aromatic nitrogens is 3. The van der Waals surface area contributed by atoms with E-state index in [1.165, 1.54) is 0 Å². The monoisotopic (exact) mass is 521 g/mol. The maximum absolute atomic E-state index is 12.8. The SMILES string of the molecule is NC(=O)c1cccc2c[n+](-c3ccc(NC(=O)c4cncc5ccccc45)cc3)[nH]c12.O=C([O-])C(F)(F)F. The topological polar surface area (TPSA) is 145 Å². The van der Waals surface area contributed by atoms with Crippen LogP contribution < -0.4 is 20.8 Å². The molecule has 2 aromatic heterocycles. The van der Waals surface area contributed by atoms with E-state index in [0.29, 0.717) is 22.3 Å². The first-order valence-electron chi connectivity index (χ1n) is 10.9. The molecule has 192 valence electrons. The van der Waals surface area contributed by atoms with Gasteiger partial charge in [0.1, 0.15) is 11.5 Å². The highest BCUT2D eigenvalue weighted by molar-refractivity contribution is 6.12. The summed E-state index contributed by atoms with van der Waals surface area (Å²) in [6.07, 6.45) is 0.00192. The number of halogens is 3. The fourth-order valence-corrected chi connectivity index (χ4v) is 3.64. The number of primary amides is 1. The molecule has 0 radical (unpaired) electrons. The average Bonchev–Trinajstić information content (AvgIpc) is 3.33. The number of anilines is 1. The number of carboxylic acid groups (broad SMARTS) is 1. The third-order valence-electron chi connectivity index (χ3n) is 5.41. The molecule has 0 saturated carbocycles. The highest BCUT2D eigenvalue weighted by Crippen LogP contribution is 2.20. The zero-order valence-electron chi connectivity index (χ0n) is 19.3. The number of aliphatic carboxylic acids is 1. The number of alkyl halides is 3. The van der Waals surface area contributed by atoms with E-state index in [9.17, 15) is 22.8 Å². The average molecular weight is 521 g/mol. The van der Waals surface area contributed by atoms with Crippen LogP contribution in [0.5, 0.6) is 0 Å². The van der Waals surface area contributed by atoms with Crippen LogP contribution in [0.15, 0.2) is 85.3 Å². The Bertz CT molecular complexity index is 1660. The molecular weight excluding hydrogens is 503 g/mol. The van der Waals surface area contributed by atoms with Gasteiger partial charge < -0.3 is 21.0 Å². The summed E-state index contributed by atoms with van der Waals surface area (Å²) < 4.78 is 33.4. The van der Waals surface area contributed by atoms with Crippen molar-refractivity contribution in [3.8, 4) is 5.69 Å². The second kappa shape index (κ2) is 10.4. The van der Waals surface area contributed by atoms with Gasteiger partial charge in [-0.1, -0.05) is 35.0 Å². The van der Waals surface area contributed by atoms with Crippen LogP contribution in [0.2, 0.25) is 0 Å². The van der Waals surface area contributed by atoms with Crippen LogP contribution in [0.3, 0.4) is 0 Å². The van der Waals surface area contributed by atoms with E-state index in [1.807, 2.05) is 60.8 Å². The molecular formula is C26H18F3N5O4. The summed E-state index contributed by atoms with van der Waals surface area (Å²) in [4.78, 5) is 37.4. The van der Waals surface area contributed by atoms with Gasteiger partial charge in [0, 0.05) is 35.6 Å². The maximum Gasteiger partial charge on any atom is 0.430 e. The number of carboxylic acids is 1. The number of amides is 2. The molecule has 9 nitrogen and oxygen atoms in total. The lowest BCUT2D eigenvalue weighted by Crippen LogP contribution is -2.37. The zero-order chi connectivity index (χ0) is 27.4. The molecule has 0 aliphatic rings. The molecule has 38 heavy (non-hydrogen) atoms. The standard InChI is InChI=1S/C24H17N5O2.C2HF3O2/c25-23(30)20-7-3-5-16-14-29(28-22(16)20)18-10-8-17(9-11-18)27-24(31)21-13-26-12-15-4-1-2-6-19(15)21;3-2(4,5)1(6)7/h1-14H,(H3,25,27,30,31);(H,6,7). The molecule has 3 aromatic carbocycles. The highest BCUT2D eigenvalue weighted by Gasteiger charge is 2.28. The smallest absolute Gasteiger partial charge is 0.430 e. The number of hydrogen-bond donors (Lipinski definition) is 3. The summed E-state index contributed by atoms with van der Waals surface area (Å²) in [5.74, 6) is -3.71. The third-order valence-corrected chi connectivity index (χ3v) is 5.41. The number of H-pyrrole nitrogens is 1. The summed E-state index contributed by atoms with van der Waals surface area (Å²) in [6, 6.07) is 20.4. The fourth-order valence-electron chi connectivity index (χ4n) is 3.64. The summed E-state index contributed by atoms with van der Waals surface area (Å²) >= 11 is 0. The number of nitrogens with zero attached hydrogens (tertiary/aromatic N) is 2. The Kier molecular flexibility index (Phi) is 7.06. The van der Waals surface area contributed by atoms with Crippen LogP contribution in [0.4, 0.5) is 18.9 Å². The molecule has 0 spiro atoms. The molecule has 5 rings (SSSR count). The molecule has 5 aromatic rings. The lowest BCUT2D eigenvalue weighted by Gasteiger charge is -2.07. The molecule has 2 amide bonds. The molecule has 0 aliphatic carbocycles. The Labute approximate surface area is 212 Å². The highest BCUT2D eigenvalue weighted by atomic mass is 19.4. The number of rotatable bonds is 4. The largest absolute Gasteiger partial charge is 0.542 e. The van der Waals surface area contributed by atoms with Gasteiger partial charge in [-0.3, -0.25) is 14.6 Å². The van der Waals surface area contributed by atoms with Crippen molar-refractivity contribution in [3.05, 3.63) is 96.4 Å². The van der Waals surface area contributed by atoms with Crippen molar-refractivity contribution in [3.63, 3.8) is 0 Å². The first-order chi connectivity index (χ1) is 18.0. The maximum atomic E-state index is 12.8. The molecule has 0 unspecified atom stereocenters. The van der Waals surface area contributed by atoms with Gasteiger partial charge in [-0.25, -0.2) is 0 Å². The second-order valence-electron chi connectivity index (χ2n) is 7.94. The van der Waals surface area contributed by atoms with Crippen LogP contribution >= 0.6 is 0 Å². The normalized spacial score (nSPS) is 11.0. The van der Waals surface area contributed by atoms with Crippen molar-refractivity contribution in [2.45, 2.75) is 6.18 Å². The second-order valence-corrected chi connectivity index (χ2v) is 7.94. The number of carbonyl (C=O) groups excluding carboxylic acids is 3. The summed E-state index contributed by atoms with van der Waals surface area (Å²) in [7, 11) is 0. The zero-order valence-corrected chi connectivity index (χ0v) is 19.3. The lowest BCUT2D eigenvalue weighted by molar-refractivity contribution is -0.653. The molecule has 0 atom stereocenters. The first-order valence-corrected chi connectivity index (χ1v) is 10.9. The van der Waals surface area contributed by atoms with E-state index < -0.39 is 18.1 Å². The Balaban J connectivity index is 0.000000426. The van der Waals surface area contributed by atoms with Crippen molar-refractivity contribution in [2.75, 3.05) is 5.32 Å². The van der Waals surface area contributed by atoms with Crippen molar-refractivity contribution < 1.29 is 37.3 Å². The van der Waals surface area contributed by atoms with E-state index in [-0.39, 0.29) is 5.91 Å². The van der Waals surface area contributed by atoms with E-state index in [2.05, 4.69) is 15.4 Å². The number of hydrogen-bond acceptors (Lipinski definition) is 5. The number of aromatic amines is 1. The predicted octanol–water partition coefficient (Wildman–Crippen LogP) is 2.64. The number of carbonyl (C=O) groups is 3. The Hall–Kier alpha value is -5.26. The van der Waals surface area contributed by atoms with Gasteiger partial charge in [-0.15, -0.1) is 0 Å². The number of fused-ring (bicyclic) bond motifs is 2. The van der Waals surface area contributed by atoms with Gasteiger partial charge in [0.25, 0.3) is 11.8 Å². The number of nitrogens with one attached hydrogen (secondary N) is 2. The molecule has 0 aliphatic heterocycles. The van der Waals surface area contributed by atoms with Crippen molar-refractivity contribution >= 4 is 45.1 Å². The number of nitrogens with two attached hydrogens (primary N) is 1. The molecule has 4 N–H and O–H groups in total. The van der Waals surface area contributed by atoms with Crippen molar-refractivity contribution in [1.82, 2.24) is 10.1 Å². The van der Waals surface area contributed by atoms with Crippen LogP contribution in [0, 0.1) is 0 Å². The minimum absolute atomic E-state index is 0.221. The fraction of sp³-hybridized carbons (Fsp3) is 0.0385. The summed E-state index contributed by atoms with van der Waals surface area (Å²) in [5, 5.41) is 17.5. The lowest BCUT2D eigenvalue weighted by atomic mass is 10.1. The van der Waals surface area contributed by atoms with E-state index in [1.54, 1.807) is 29.2 Å². The Morgan fingerprint density at radius 3 is 2.21 bits per heavy atom. The molecule has 12 heteroatoms. The Morgan fingerprint density at radius 1 is 0.895 bits per heavy atom. The van der Waals surface area contributed by atoms with Crippen LogP contribution in [-0.4, -0.2) is 34.0 Å². The van der Waals surface area contributed by atoms with Gasteiger partial charge in [0.15, 0.2) is 0 Å². The minimum Gasteiger partial charge on any atom is -0.542 e. The van der Waals surface area contributed by atoms with Gasteiger partial charge in [-0.2, -0.15) is 18.3 Å². The van der Waals surface area contributed by atoms with E-state index in [0.717, 1.165) is 21.8 Å². The van der Waals surface area contributed by atoms with Gasteiger partial charge in [0.2, 0.25) is 11.9 Å². The predicted molar refractivity (Wildman–Crippen MR) is 129 cm³/mol. The van der Waals surface area contributed by atoms with Gasteiger partial charge in [0.05, 0.1) is 16.5 Å². The van der Waals surface area contributed by atoms with Gasteiger partial charge in [-0.05, 0) is 29.7 Å². The molecule has 0 saturated heterocycles. The van der Waals surface area contributed by atoms with Crippen LogP contribution in [0.1, 0.15) is 20.7 Å². The Morgan fingerprint density at radius 2 is 1.55 bits per heavy atom. The molecule has 2 heterocycles. The minimum atomic E-state index is -5.19. The number of para-hydroxylation sites is 1. The van der Waals surface area contributed by atoms with Gasteiger partial charge >= 0.3 is 6.18 Å². The number of pyridine rings is 1. The number of benzene rings is 3. The molecule has 0 bridgehead atoms. The quantitative estimate of drug-likeness (QED) is 0.312. The van der Waals surface area contributed by atoms with Crippen LogP contribution in [-0.2, 0) is 4.79 Å². The van der Waals surface area contributed by atoms with Crippen molar-refractivity contribution in [1.29, 1.82) is 0 Å². The van der Waals surface area contributed by atoms with Crippen molar-refractivity contribution in [2.24, 2.45) is 5.73 Å². The summed E-state index contributed by atoms with van der Waals surface area (Å²) in [5.41, 5.74) is 8.60. The van der Waals surface area contributed by atoms with Crippen LogP contribution in [0.25, 0.3) is 27.4 Å². The van der Waals surface area contributed by atoms with E-state index >= 15 is 0 Å². The van der Waals surface area contributed by atoms with E-state index in [4.69, 9.17) is 15.6 Å². The third kappa shape index (κ3) is 5.59.